The fraction of sp³-hybridized carbons (Fsp3) is 0.333. The smallest absolute Gasteiger partial charge is 0.244 e. The topological polar surface area (TPSA) is 106 Å². The van der Waals surface area contributed by atoms with Crippen molar-refractivity contribution in [2.45, 2.75) is 51.4 Å². The number of nitrogens with zero attached hydrogens (tertiary/aromatic N) is 3. The quantitative estimate of drug-likeness (QED) is 0.101. The van der Waals surface area contributed by atoms with Gasteiger partial charge in [-0.2, -0.15) is 0 Å². The summed E-state index contributed by atoms with van der Waals surface area (Å²) >= 11 is 0. The molecule has 2 amide bonds. The number of imide groups is 1. The van der Waals surface area contributed by atoms with E-state index in [0.29, 0.717) is 26.0 Å². The molecule has 3 aliphatic rings. The number of aliphatic hydroxyl groups is 1. The van der Waals surface area contributed by atoms with Crippen LogP contribution in [0.2, 0.25) is 0 Å². The van der Waals surface area contributed by atoms with Crippen LogP contribution in [-0.2, 0) is 16.1 Å². The first-order valence-electron chi connectivity index (χ1n) is 18.1. The van der Waals surface area contributed by atoms with Gasteiger partial charge in [0.05, 0.1) is 12.6 Å². The minimum Gasteiger partial charge on any atom is -0.508 e. The molecule has 0 radical (unpaired) electrons. The number of carbonyl (C=O) groups is 2. The normalized spacial score (nSPS) is 20.2. The number of phenols is 1. The molecule has 0 bridgehead atoms. The number of aliphatic hydroxyl groups excluding tert-OH is 1. The molecule has 7 rings (SSSR count). The molecule has 3 heterocycles. The van der Waals surface area contributed by atoms with Crippen LogP contribution in [0, 0.1) is 0 Å². The number of benzene rings is 4. The van der Waals surface area contributed by atoms with Gasteiger partial charge in [-0.3, -0.25) is 24.7 Å². The Morgan fingerprint density at radius 2 is 1.57 bits per heavy atom. The van der Waals surface area contributed by atoms with E-state index in [4.69, 9.17) is 4.74 Å². The number of anilines is 1. The number of piperazine rings is 1. The number of phenolic OH excluding ortho intramolecular Hbond substituents is 1. The standard InChI is InChI=1S/C42H46N4O5/c1-2-36(29-7-4-3-5-8-29)40(30-9-14-34(47)15-10-30)31-11-16-35(17-12-31)51-26-6-21-44-22-24-45(25-23-44)33-13-18-37-32(27-33)28-46(42(37)50)38-19-20-39(48)43-41(38)49/h3-5,7-18,27,38,42,47,50H,2,6,19-26,28H2,1H3,(H,43,48,49)/b40-36-. The van der Waals surface area contributed by atoms with E-state index in [0.717, 1.165) is 84.8 Å². The second-order valence-electron chi connectivity index (χ2n) is 13.6. The first-order valence-corrected chi connectivity index (χ1v) is 18.1. The summed E-state index contributed by atoms with van der Waals surface area (Å²) in [4.78, 5) is 30.7. The van der Waals surface area contributed by atoms with E-state index in [-0.39, 0.29) is 17.6 Å². The third-order valence-corrected chi connectivity index (χ3v) is 10.4. The summed E-state index contributed by atoms with van der Waals surface area (Å²) in [7, 11) is 0. The molecule has 2 unspecified atom stereocenters. The molecule has 2 saturated heterocycles. The van der Waals surface area contributed by atoms with Crippen molar-refractivity contribution in [3.63, 3.8) is 0 Å². The number of aromatic hydroxyl groups is 1. The van der Waals surface area contributed by atoms with E-state index >= 15 is 0 Å². The molecular formula is C42H46N4O5. The molecule has 0 aromatic heterocycles. The van der Waals surface area contributed by atoms with Gasteiger partial charge in [0.25, 0.3) is 0 Å². The van der Waals surface area contributed by atoms with Gasteiger partial charge in [-0.1, -0.05) is 67.6 Å². The lowest BCUT2D eigenvalue weighted by atomic mass is 9.88. The highest BCUT2D eigenvalue weighted by Crippen LogP contribution is 2.38. The number of nitrogens with one attached hydrogen (secondary N) is 1. The molecule has 0 saturated carbocycles. The van der Waals surface area contributed by atoms with Crippen LogP contribution in [0.1, 0.15) is 66.7 Å². The van der Waals surface area contributed by atoms with Gasteiger partial charge in [0.15, 0.2) is 0 Å². The van der Waals surface area contributed by atoms with Gasteiger partial charge in [-0.25, -0.2) is 0 Å². The largest absolute Gasteiger partial charge is 0.508 e. The van der Waals surface area contributed by atoms with Crippen LogP contribution < -0.4 is 15.0 Å². The summed E-state index contributed by atoms with van der Waals surface area (Å²) in [5.74, 6) is 0.533. The molecule has 0 spiro atoms. The average Bonchev–Trinajstić information content (AvgIpc) is 3.48. The van der Waals surface area contributed by atoms with E-state index in [1.165, 1.54) is 11.1 Å². The molecule has 4 aromatic rings. The van der Waals surface area contributed by atoms with Crippen LogP contribution in [0.5, 0.6) is 11.5 Å². The Morgan fingerprint density at radius 3 is 2.25 bits per heavy atom. The molecule has 264 valence electrons. The van der Waals surface area contributed by atoms with Crippen molar-refractivity contribution in [1.82, 2.24) is 15.1 Å². The summed E-state index contributed by atoms with van der Waals surface area (Å²) < 4.78 is 6.18. The molecule has 51 heavy (non-hydrogen) atoms. The predicted molar refractivity (Wildman–Crippen MR) is 199 cm³/mol. The Bertz CT molecular complexity index is 1870. The van der Waals surface area contributed by atoms with E-state index in [1.54, 1.807) is 17.0 Å². The maximum atomic E-state index is 12.4. The second kappa shape index (κ2) is 15.5. The third-order valence-electron chi connectivity index (χ3n) is 10.4. The van der Waals surface area contributed by atoms with Crippen LogP contribution in [0.3, 0.4) is 0 Å². The maximum absolute atomic E-state index is 12.4. The predicted octanol–water partition coefficient (Wildman–Crippen LogP) is 5.96. The first-order chi connectivity index (χ1) is 24.9. The zero-order valence-electron chi connectivity index (χ0n) is 29.1. The number of allylic oxidation sites excluding steroid dienone is 1. The van der Waals surface area contributed by atoms with Gasteiger partial charge >= 0.3 is 0 Å². The van der Waals surface area contributed by atoms with Crippen molar-refractivity contribution in [2.24, 2.45) is 0 Å². The molecule has 2 atom stereocenters. The van der Waals surface area contributed by atoms with Gasteiger partial charge in [0.2, 0.25) is 11.8 Å². The number of ether oxygens (including phenoxy) is 1. The lowest BCUT2D eigenvalue weighted by molar-refractivity contribution is -0.141. The molecule has 3 aliphatic heterocycles. The summed E-state index contributed by atoms with van der Waals surface area (Å²) in [6.07, 6.45) is 1.68. The fourth-order valence-electron chi connectivity index (χ4n) is 7.65. The molecule has 2 fully saturated rings. The van der Waals surface area contributed by atoms with Crippen LogP contribution in [0.15, 0.2) is 97.1 Å². The van der Waals surface area contributed by atoms with Crippen molar-refractivity contribution < 1.29 is 24.5 Å². The number of fused-ring (bicyclic) bond motifs is 1. The zero-order chi connectivity index (χ0) is 35.3. The van der Waals surface area contributed by atoms with Crippen molar-refractivity contribution in [3.8, 4) is 11.5 Å². The lowest BCUT2D eigenvalue weighted by Crippen LogP contribution is -2.51. The van der Waals surface area contributed by atoms with Gasteiger partial charge in [-0.05, 0) is 89.1 Å². The van der Waals surface area contributed by atoms with Crippen molar-refractivity contribution >= 4 is 28.6 Å². The summed E-state index contributed by atoms with van der Waals surface area (Å²) in [5, 5.41) is 23.3. The zero-order valence-corrected chi connectivity index (χ0v) is 29.1. The number of rotatable bonds is 11. The SMILES string of the molecule is CC/C(=C(\c1ccc(O)cc1)c1ccc(OCCCN2CCN(c3ccc4c(c3)CN(C3CCC(=O)NC3=O)C4O)CC2)cc1)c1ccccc1. The van der Waals surface area contributed by atoms with Gasteiger partial charge < -0.3 is 19.8 Å². The molecule has 9 heteroatoms. The van der Waals surface area contributed by atoms with E-state index in [1.807, 2.05) is 36.4 Å². The van der Waals surface area contributed by atoms with Gasteiger partial charge in [-0.15, -0.1) is 0 Å². The summed E-state index contributed by atoms with van der Waals surface area (Å²) in [6, 6.07) is 31.9. The number of hydrogen-bond acceptors (Lipinski definition) is 8. The van der Waals surface area contributed by atoms with Crippen LogP contribution in [-0.4, -0.2) is 77.2 Å². The minimum absolute atomic E-state index is 0.248. The fourth-order valence-corrected chi connectivity index (χ4v) is 7.65. The van der Waals surface area contributed by atoms with E-state index in [2.05, 4.69) is 70.6 Å². The summed E-state index contributed by atoms with van der Waals surface area (Å²) in [5.41, 5.74) is 8.77. The van der Waals surface area contributed by atoms with Crippen molar-refractivity contribution in [2.75, 3.05) is 44.2 Å². The Kier molecular flexibility index (Phi) is 10.5. The van der Waals surface area contributed by atoms with E-state index in [9.17, 15) is 19.8 Å². The van der Waals surface area contributed by atoms with E-state index < -0.39 is 12.3 Å². The Hall–Kier alpha value is -4.96. The maximum Gasteiger partial charge on any atom is 0.244 e. The summed E-state index contributed by atoms with van der Waals surface area (Å²) in [6.45, 7) is 8.03. The first kappa shape index (κ1) is 34.5. The van der Waals surface area contributed by atoms with Crippen molar-refractivity contribution in [3.05, 3.63) is 125 Å². The third kappa shape index (κ3) is 7.71. The average molecular weight is 687 g/mol. The van der Waals surface area contributed by atoms with Crippen LogP contribution in [0.25, 0.3) is 11.1 Å². The highest BCUT2D eigenvalue weighted by molar-refractivity contribution is 6.00. The molecular weight excluding hydrogens is 640 g/mol. The second-order valence-corrected chi connectivity index (χ2v) is 13.6. The molecule has 4 aromatic carbocycles. The Labute approximate surface area is 299 Å². The highest BCUT2D eigenvalue weighted by atomic mass is 16.5. The van der Waals surface area contributed by atoms with Crippen molar-refractivity contribution in [1.29, 1.82) is 0 Å². The van der Waals surface area contributed by atoms with Gasteiger partial charge in [0, 0.05) is 56.9 Å². The number of carbonyl (C=O) groups excluding carboxylic acids is 2. The molecule has 0 aliphatic carbocycles. The van der Waals surface area contributed by atoms with Crippen LogP contribution in [0.4, 0.5) is 5.69 Å². The molecule has 3 N–H and O–H groups in total. The number of piperidine rings is 1. The monoisotopic (exact) mass is 686 g/mol. The lowest BCUT2D eigenvalue weighted by Gasteiger charge is -2.36. The van der Waals surface area contributed by atoms with Crippen LogP contribution >= 0.6 is 0 Å². The highest BCUT2D eigenvalue weighted by Gasteiger charge is 2.40. The number of amides is 2. The minimum atomic E-state index is -0.844. The Morgan fingerprint density at radius 1 is 0.863 bits per heavy atom. The number of hydrogen-bond donors (Lipinski definition) is 3. The molecule has 9 nitrogen and oxygen atoms in total. The Balaban J connectivity index is 0.905. The van der Waals surface area contributed by atoms with Gasteiger partial charge in [0.1, 0.15) is 17.7 Å².